The van der Waals surface area contributed by atoms with Crippen molar-refractivity contribution in [1.29, 1.82) is 0 Å². The molecule has 1 aliphatic rings. The van der Waals surface area contributed by atoms with Gasteiger partial charge in [-0.05, 0) is 13.3 Å². The van der Waals surface area contributed by atoms with E-state index in [9.17, 15) is 9.59 Å². The fourth-order valence-electron chi connectivity index (χ4n) is 0.966. The smallest absolute Gasteiger partial charge is 0.417 e. The highest BCUT2D eigenvalue weighted by Crippen LogP contribution is 2.25. The standard InChI is InChI=1S/C7H11NO3/c1-4-7(2)5(9)8(3)6(10)11-7/h4H2,1-3H3/t7-/m0/s1. The molecule has 4 nitrogen and oxygen atoms in total. The van der Waals surface area contributed by atoms with Crippen LogP contribution in [-0.4, -0.2) is 29.5 Å². The molecule has 0 unspecified atom stereocenters. The topological polar surface area (TPSA) is 46.6 Å². The molecule has 4 heteroatoms. The second-order valence-corrected chi connectivity index (χ2v) is 2.82. The molecule has 1 heterocycles. The summed E-state index contributed by atoms with van der Waals surface area (Å²) >= 11 is 0. The van der Waals surface area contributed by atoms with Gasteiger partial charge in [-0.3, -0.25) is 4.79 Å². The first-order valence-electron chi connectivity index (χ1n) is 3.52. The molecule has 2 amide bonds. The molecule has 0 N–H and O–H groups in total. The number of likely N-dealkylation sites (N-methyl/N-ethyl adjacent to an activating group) is 1. The lowest BCUT2D eigenvalue weighted by Crippen LogP contribution is -2.35. The van der Waals surface area contributed by atoms with Crippen molar-refractivity contribution < 1.29 is 14.3 Å². The van der Waals surface area contributed by atoms with Crippen LogP contribution < -0.4 is 0 Å². The first-order valence-corrected chi connectivity index (χ1v) is 3.52. The van der Waals surface area contributed by atoms with Gasteiger partial charge in [-0.25, -0.2) is 9.69 Å². The van der Waals surface area contributed by atoms with E-state index in [-0.39, 0.29) is 5.91 Å². The van der Waals surface area contributed by atoms with Gasteiger partial charge in [0.25, 0.3) is 5.91 Å². The van der Waals surface area contributed by atoms with E-state index < -0.39 is 11.7 Å². The van der Waals surface area contributed by atoms with E-state index in [0.717, 1.165) is 4.90 Å². The molecule has 1 atom stereocenters. The number of carbonyl (C=O) groups is 2. The molecular weight excluding hydrogens is 146 g/mol. The average Bonchev–Trinajstić information content (AvgIpc) is 2.17. The molecule has 0 bridgehead atoms. The van der Waals surface area contributed by atoms with Crippen molar-refractivity contribution in [3.05, 3.63) is 0 Å². The van der Waals surface area contributed by atoms with E-state index >= 15 is 0 Å². The third-order valence-electron chi connectivity index (χ3n) is 2.02. The minimum absolute atomic E-state index is 0.259. The number of imide groups is 1. The van der Waals surface area contributed by atoms with Crippen LogP contribution in [0.2, 0.25) is 0 Å². The molecule has 0 saturated carbocycles. The van der Waals surface area contributed by atoms with Crippen molar-refractivity contribution in [3.63, 3.8) is 0 Å². The predicted molar refractivity (Wildman–Crippen MR) is 37.9 cm³/mol. The summed E-state index contributed by atoms with van der Waals surface area (Å²) in [6.07, 6.45) is -0.0404. The molecule has 0 radical (unpaired) electrons. The Morgan fingerprint density at radius 2 is 2.09 bits per heavy atom. The Balaban J connectivity index is 2.91. The van der Waals surface area contributed by atoms with Gasteiger partial charge in [-0.2, -0.15) is 0 Å². The van der Waals surface area contributed by atoms with Crippen LogP contribution >= 0.6 is 0 Å². The maximum absolute atomic E-state index is 11.2. The number of rotatable bonds is 1. The first kappa shape index (κ1) is 8.04. The lowest BCUT2D eigenvalue weighted by molar-refractivity contribution is -0.135. The number of ether oxygens (including phenoxy) is 1. The van der Waals surface area contributed by atoms with Crippen molar-refractivity contribution in [3.8, 4) is 0 Å². The third-order valence-corrected chi connectivity index (χ3v) is 2.02. The number of amides is 2. The number of hydrogen-bond acceptors (Lipinski definition) is 3. The molecule has 0 aliphatic carbocycles. The highest BCUT2D eigenvalue weighted by atomic mass is 16.6. The Bertz CT molecular complexity index is 214. The summed E-state index contributed by atoms with van der Waals surface area (Å²) in [6.45, 7) is 3.43. The van der Waals surface area contributed by atoms with Gasteiger partial charge in [0.2, 0.25) is 0 Å². The summed E-state index contributed by atoms with van der Waals surface area (Å²) in [6, 6.07) is 0. The van der Waals surface area contributed by atoms with Gasteiger partial charge in [-0.15, -0.1) is 0 Å². The van der Waals surface area contributed by atoms with Crippen molar-refractivity contribution >= 4 is 12.0 Å². The number of nitrogens with zero attached hydrogens (tertiary/aromatic N) is 1. The highest BCUT2D eigenvalue weighted by molar-refractivity contribution is 6.02. The van der Waals surface area contributed by atoms with Crippen LogP contribution in [0.4, 0.5) is 4.79 Å². The summed E-state index contributed by atoms with van der Waals surface area (Å²) in [4.78, 5) is 23.1. The first-order chi connectivity index (χ1) is 5.01. The van der Waals surface area contributed by atoms with E-state index in [4.69, 9.17) is 4.74 Å². The lowest BCUT2D eigenvalue weighted by atomic mass is 10.0. The Kier molecular flexibility index (Phi) is 1.62. The van der Waals surface area contributed by atoms with Crippen molar-refractivity contribution in [2.75, 3.05) is 7.05 Å². The van der Waals surface area contributed by atoms with Crippen LogP contribution in [0, 0.1) is 0 Å². The minimum atomic E-state index is -0.925. The molecule has 1 rings (SSSR count). The fraction of sp³-hybridized carbons (Fsp3) is 0.714. The van der Waals surface area contributed by atoms with Crippen LogP contribution in [-0.2, 0) is 9.53 Å². The van der Waals surface area contributed by atoms with E-state index in [1.165, 1.54) is 7.05 Å². The van der Waals surface area contributed by atoms with Crippen LogP contribution in [0.15, 0.2) is 0 Å². The molecule has 0 spiro atoms. The van der Waals surface area contributed by atoms with Gasteiger partial charge in [0.15, 0.2) is 5.60 Å². The molecule has 1 fully saturated rings. The molecule has 0 aromatic rings. The van der Waals surface area contributed by atoms with Gasteiger partial charge in [0.1, 0.15) is 0 Å². The van der Waals surface area contributed by atoms with Gasteiger partial charge in [-0.1, -0.05) is 6.92 Å². The normalized spacial score (nSPS) is 31.0. The van der Waals surface area contributed by atoms with Crippen molar-refractivity contribution in [1.82, 2.24) is 4.90 Å². The summed E-state index contributed by atoms with van der Waals surface area (Å²) < 4.78 is 4.86. The van der Waals surface area contributed by atoms with Gasteiger partial charge < -0.3 is 4.74 Å². The Morgan fingerprint density at radius 3 is 2.27 bits per heavy atom. The molecule has 0 aromatic carbocycles. The highest BCUT2D eigenvalue weighted by Gasteiger charge is 2.47. The summed E-state index contributed by atoms with van der Waals surface area (Å²) in [5.41, 5.74) is -0.925. The van der Waals surface area contributed by atoms with Crippen molar-refractivity contribution in [2.24, 2.45) is 0 Å². The number of cyclic esters (lactones) is 1. The summed E-state index contributed by atoms with van der Waals surface area (Å²) in [5, 5.41) is 0. The Labute approximate surface area is 65.1 Å². The largest absolute Gasteiger partial charge is 0.433 e. The molecule has 0 aromatic heterocycles. The number of hydrogen-bond donors (Lipinski definition) is 0. The van der Waals surface area contributed by atoms with Gasteiger partial charge in [0, 0.05) is 7.05 Å². The Hall–Kier alpha value is -1.06. The zero-order valence-electron chi connectivity index (χ0n) is 6.88. The maximum atomic E-state index is 11.2. The van der Waals surface area contributed by atoms with Crippen LogP contribution in [0.1, 0.15) is 20.3 Å². The summed E-state index contributed by atoms with van der Waals surface area (Å²) in [5.74, 6) is -0.259. The summed E-state index contributed by atoms with van der Waals surface area (Å²) in [7, 11) is 1.42. The van der Waals surface area contributed by atoms with Gasteiger partial charge in [0.05, 0.1) is 0 Å². The van der Waals surface area contributed by atoms with E-state index in [1.54, 1.807) is 6.92 Å². The van der Waals surface area contributed by atoms with Crippen LogP contribution in [0.3, 0.4) is 0 Å². The lowest BCUT2D eigenvalue weighted by Gasteiger charge is -2.15. The third kappa shape index (κ3) is 0.982. The monoisotopic (exact) mass is 157 g/mol. The SMILES string of the molecule is CC[C@]1(C)OC(=O)N(C)C1=O. The minimum Gasteiger partial charge on any atom is -0.433 e. The zero-order chi connectivity index (χ0) is 8.65. The maximum Gasteiger partial charge on any atom is 0.417 e. The van der Waals surface area contributed by atoms with Crippen LogP contribution in [0.25, 0.3) is 0 Å². The molecule has 1 saturated heterocycles. The molecule has 1 aliphatic heterocycles. The van der Waals surface area contributed by atoms with E-state index in [0.29, 0.717) is 6.42 Å². The quantitative estimate of drug-likeness (QED) is 0.564. The van der Waals surface area contributed by atoms with E-state index in [1.807, 2.05) is 6.92 Å². The average molecular weight is 157 g/mol. The molecule has 62 valence electrons. The molecular formula is C7H11NO3. The second kappa shape index (κ2) is 2.22. The fourth-order valence-corrected chi connectivity index (χ4v) is 0.966. The zero-order valence-corrected chi connectivity index (χ0v) is 6.88. The van der Waals surface area contributed by atoms with Gasteiger partial charge >= 0.3 is 6.09 Å². The predicted octanol–water partition coefficient (Wildman–Crippen LogP) is 0.764. The van der Waals surface area contributed by atoms with Crippen LogP contribution in [0.5, 0.6) is 0 Å². The number of carbonyl (C=O) groups excluding carboxylic acids is 2. The second-order valence-electron chi connectivity index (χ2n) is 2.82. The molecule has 11 heavy (non-hydrogen) atoms. The Morgan fingerprint density at radius 1 is 1.55 bits per heavy atom. The van der Waals surface area contributed by atoms with Crippen molar-refractivity contribution in [2.45, 2.75) is 25.9 Å². The van der Waals surface area contributed by atoms with E-state index in [2.05, 4.69) is 0 Å².